The Morgan fingerprint density at radius 3 is 3.00 bits per heavy atom. The molecule has 0 aliphatic carbocycles. The van der Waals surface area contributed by atoms with E-state index in [-0.39, 0.29) is 5.75 Å². The van der Waals surface area contributed by atoms with Crippen LogP contribution >= 0.6 is 0 Å². The van der Waals surface area contributed by atoms with Crippen LogP contribution in [0.1, 0.15) is 12.8 Å². The maximum absolute atomic E-state index is 9.64. The quantitative estimate of drug-likeness (QED) is 0.726. The van der Waals surface area contributed by atoms with E-state index in [4.69, 9.17) is 4.74 Å². The van der Waals surface area contributed by atoms with Crippen LogP contribution in [-0.2, 0) is 0 Å². The van der Waals surface area contributed by atoms with E-state index in [2.05, 4.69) is 10.6 Å². The average Bonchev–Trinajstić information content (AvgIpc) is 2.31. The molecule has 1 aliphatic rings. The van der Waals surface area contributed by atoms with Gasteiger partial charge in [-0.1, -0.05) is 0 Å². The van der Waals surface area contributed by atoms with Gasteiger partial charge in [0.15, 0.2) is 11.5 Å². The first-order valence-corrected chi connectivity index (χ1v) is 5.64. The van der Waals surface area contributed by atoms with Crippen molar-refractivity contribution in [1.82, 2.24) is 5.32 Å². The van der Waals surface area contributed by atoms with Crippen LogP contribution < -0.4 is 15.4 Å². The van der Waals surface area contributed by atoms with Crippen molar-refractivity contribution >= 4 is 5.69 Å². The zero-order valence-corrected chi connectivity index (χ0v) is 9.49. The van der Waals surface area contributed by atoms with E-state index in [0.717, 1.165) is 18.8 Å². The smallest absolute Gasteiger partial charge is 0.160 e. The second-order valence-electron chi connectivity index (χ2n) is 4.07. The molecule has 1 heterocycles. The Balaban J connectivity index is 2.01. The minimum absolute atomic E-state index is 0.177. The molecule has 88 valence electrons. The number of piperidine rings is 1. The van der Waals surface area contributed by atoms with Crippen LogP contribution in [0.5, 0.6) is 11.5 Å². The molecule has 1 aromatic carbocycles. The lowest BCUT2D eigenvalue weighted by molar-refractivity contribution is 0.373. The monoisotopic (exact) mass is 222 g/mol. The number of aromatic hydroxyl groups is 1. The van der Waals surface area contributed by atoms with Gasteiger partial charge in [-0.05, 0) is 31.5 Å². The van der Waals surface area contributed by atoms with Gasteiger partial charge in [0.2, 0.25) is 0 Å². The average molecular weight is 222 g/mol. The van der Waals surface area contributed by atoms with Gasteiger partial charge in [0.1, 0.15) is 0 Å². The first-order valence-electron chi connectivity index (χ1n) is 5.64. The number of hydrogen-bond donors (Lipinski definition) is 3. The highest BCUT2D eigenvalue weighted by Gasteiger charge is 2.12. The lowest BCUT2D eigenvalue weighted by atomic mass is 10.1. The number of anilines is 1. The van der Waals surface area contributed by atoms with Gasteiger partial charge in [0.05, 0.1) is 7.11 Å². The maximum Gasteiger partial charge on any atom is 0.160 e. The van der Waals surface area contributed by atoms with Crippen LogP contribution in [-0.4, -0.2) is 31.3 Å². The van der Waals surface area contributed by atoms with Crippen molar-refractivity contribution in [3.05, 3.63) is 18.2 Å². The Morgan fingerprint density at radius 1 is 1.50 bits per heavy atom. The molecule has 0 spiro atoms. The molecule has 1 aliphatic heterocycles. The highest BCUT2D eigenvalue weighted by molar-refractivity contribution is 5.54. The van der Waals surface area contributed by atoms with Crippen molar-refractivity contribution < 1.29 is 9.84 Å². The van der Waals surface area contributed by atoms with Gasteiger partial charge >= 0.3 is 0 Å². The molecule has 2 rings (SSSR count). The normalized spacial score (nSPS) is 20.4. The molecule has 0 amide bonds. The summed E-state index contributed by atoms with van der Waals surface area (Å²) in [7, 11) is 1.55. The fourth-order valence-electron chi connectivity index (χ4n) is 1.99. The van der Waals surface area contributed by atoms with E-state index in [0.29, 0.717) is 11.8 Å². The number of rotatable bonds is 3. The van der Waals surface area contributed by atoms with Gasteiger partial charge in [-0.25, -0.2) is 0 Å². The third-order valence-electron chi connectivity index (χ3n) is 2.85. The summed E-state index contributed by atoms with van der Waals surface area (Å²) < 4.78 is 5.00. The number of hydrogen-bond acceptors (Lipinski definition) is 4. The maximum atomic E-state index is 9.64. The van der Waals surface area contributed by atoms with E-state index in [9.17, 15) is 5.11 Å². The molecule has 0 bridgehead atoms. The van der Waals surface area contributed by atoms with Crippen LogP contribution in [0, 0.1) is 0 Å². The fraction of sp³-hybridized carbons (Fsp3) is 0.500. The molecule has 1 saturated heterocycles. The van der Waals surface area contributed by atoms with E-state index in [1.54, 1.807) is 19.2 Å². The standard InChI is InChI=1S/C12H18N2O2/c1-16-12-5-4-9(7-11(12)15)14-10-3-2-6-13-8-10/h4-5,7,10,13-15H,2-3,6,8H2,1H3. The summed E-state index contributed by atoms with van der Waals surface area (Å²) in [6.07, 6.45) is 2.36. The number of ether oxygens (including phenoxy) is 1. The molecule has 0 radical (unpaired) electrons. The number of methoxy groups -OCH3 is 1. The highest BCUT2D eigenvalue weighted by Crippen LogP contribution is 2.29. The molecule has 16 heavy (non-hydrogen) atoms. The summed E-state index contributed by atoms with van der Waals surface area (Å²) in [6.45, 7) is 2.08. The van der Waals surface area contributed by atoms with Crippen LogP contribution in [0.2, 0.25) is 0 Å². The van der Waals surface area contributed by atoms with Gasteiger partial charge in [-0.3, -0.25) is 0 Å². The summed E-state index contributed by atoms with van der Waals surface area (Å²) in [5.41, 5.74) is 0.937. The van der Waals surface area contributed by atoms with Crippen molar-refractivity contribution in [2.45, 2.75) is 18.9 Å². The SMILES string of the molecule is COc1ccc(NC2CCCNC2)cc1O. The molecular weight excluding hydrogens is 204 g/mol. The molecule has 1 fully saturated rings. The van der Waals surface area contributed by atoms with Crippen molar-refractivity contribution in [2.75, 3.05) is 25.5 Å². The molecule has 4 heteroatoms. The van der Waals surface area contributed by atoms with Crippen molar-refractivity contribution in [3.63, 3.8) is 0 Å². The number of phenols is 1. The third kappa shape index (κ3) is 2.58. The molecule has 1 aromatic rings. The zero-order chi connectivity index (χ0) is 11.4. The summed E-state index contributed by atoms with van der Waals surface area (Å²) in [5.74, 6) is 0.684. The van der Waals surface area contributed by atoms with Gasteiger partial charge in [-0.15, -0.1) is 0 Å². The summed E-state index contributed by atoms with van der Waals surface area (Å²) in [4.78, 5) is 0. The van der Waals surface area contributed by atoms with Gasteiger partial charge < -0.3 is 20.5 Å². The Kier molecular flexibility index (Phi) is 3.51. The predicted molar refractivity (Wildman–Crippen MR) is 64.2 cm³/mol. The molecule has 1 unspecified atom stereocenters. The first-order chi connectivity index (χ1) is 7.79. The molecule has 0 aromatic heterocycles. The summed E-state index contributed by atoms with van der Waals surface area (Å²) >= 11 is 0. The lowest BCUT2D eigenvalue weighted by Crippen LogP contribution is -2.38. The van der Waals surface area contributed by atoms with Crippen LogP contribution in [0.3, 0.4) is 0 Å². The number of nitrogens with one attached hydrogen (secondary N) is 2. The molecule has 3 N–H and O–H groups in total. The largest absolute Gasteiger partial charge is 0.504 e. The van der Waals surface area contributed by atoms with Crippen LogP contribution in [0.15, 0.2) is 18.2 Å². The second-order valence-corrected chi connectivity index (χ2v) is 4.07. The first kappa shape index (κ1) is 11.1. The Hall–Kier alpha value is -1.42. The van der Waals surface area contributed by atoms with Gasteiger partial charge in [-0.2, -0.15) is 0 Å². The molecular formula is C12H18N2O2. The fourth-order valence-corrected chi connectivity index (χ4v) is 1.99. The van der Waals surface area contributed by atoms with Gasteiger partial charge in [0, 0.05) is 24.3 Å². The Labute approximate surface area is 95.6 Å². The number of benzene rings is 1. The van der Waals surface area contributed by atoms with Crippen LogP contribution in [0.4, 0.5) is 5.69 Å². The van der Waals surface area contributed by atoms with Crippen molar-refractivity contribution in [1.29, 1.82) is 0 Å². The minimum Gasteiger partial charge on any atom is -0.504 e. The van der Waals surface area contributed by atoms with E-state index in [1.807, 2.05) is 6.07 Å². The summed E-state index contributed by atoms with van der Waals surface area (Å²) in [6, 6.07) is 5.84. The topological polar surface area (TPSA) is 53.5 Å². The Bertz CT molecular complexity index is 349. The molecule has 1 atom stereocenters. The number of phenolic OH excluding ortho intramolecular Hbond substituents is 1. The summed E-state index contributed by atoms with van der Waals surface area (Å²) in [5, 5.41) is 16.4. The Morgan fingerprint density at radius 2 is 2.38 bits per heavy atom. The van der Waals surface area contributed by atoms with E-state index in [1.165, 1.54) is 12.8 Å². The molecule has 0 saturated carbocycles. The van der Waals surface area contributed by atoms with Crippen molar-refractivity contribution in [3.8, 4) is 11.5 Å². The van der Waals surface area contributed by atoms with Gasteiger partial charge in [0.25, 0.3) is 0 Å². The van der Waals surface area contributed by atoms with E-state index < -0.39 is 0 Å². The van der Waals surface area contributed by atoms with E-state index >= 15 is 0 Å². The van der Waals surface area contributed by atoms with Crippen molar-refractivity contribution in [2.24, 2.45) is 0 Å². The highest BCUT2D eigenvalue weighted by atomic mass is 16.5. The predicted octanol–water partition coefficient (Wildman–Crippen LogP) is 1.56. The minimum atomic E-state index is 0.177. The van der Waals surface area contributed by atoms with Crippen LogP contribution in [0.25, 0.3) is 0 Å². The lowest BCUT2D eigenvalue weighted by Gasteiger charge is -2.24. The third-order valence-corrected chi connectivity index (χ3v) is 2.85. The zero-order valence-electron chi connectivity index (χ0n) is 9.49. The second kappa shape index (κ2) is 5.07. The molecule has 4 nitrogen and oxygen atoms in total.